The summed E-state index contributed by atoms with van der Waals surface area (Å²) in [5.41, 5.74) is 8.59. The second-order valence-electron chi connectivity index (χ2n) is 7.92. The number of hydrogen-bond acceptors (Lipinski definition) is 7. The molecule has 0 amide bonds. The molecule has 7 nitrogen and oxygen atoms in total. The van der Waals surface area contributed by atoms with Gasteiger partial charge in [0.1, 0.15) is 11.3 Å². The van der Waals surface area contributed by atoms with Crippen molar-refractivity contribution in [2.75, 3.05) is 13.4 Å². The molecule has 2 atom stereocenters. The van der Waals surface area contributed by atoms with Gasteiger partial charge in [0.2, 0.25) is 12.7 Å². The van der Waals surface area contributed by atoms with Gasteiger partial charge in [-0.25, -0.2) is 4.79 Å². The zero-order chi connectivity index (χ0) is 22.2. The maximum absolute atomic E-state index is 13.5. The second-order valence-corrected chi connectivity index (χ2v) is 7.92. The molecule has 0 saturated heterocycles. The van der Waals surface area contributed by atoms with E-state index >= 15 is 0 Å². The van der Waals surface area contributed by atoms with Crippen molar-refractivity contribution >= 4 is 11.8 Å². The Bertz CT molecular complexity index is 1150. The van der Waals surface area contributed by atoms with Crippen molar-refractivity contribution in [2.45, 2.75) is 31.6 Å². The lowest BCUT2D eigenvalue weighted by molar-refractivity contribution is -0.139. The Hall–Kier alpha value is -3.74. The van der Waals surface area contributed by atoms with Crippen LogP contribution in [0.25, 0.3) is 0 Å². The van der Waals surface area contributed by atoms with Crippen LogP contribution in [-0.2, 0) is 19.1 Å². The Morgan fingerprint density at radius 3 is 2.62 bits per heavy atom. The molecule has 1 aliphatic carbocycles. The van der Waals surface area contributed by atoms with Gasteiger partial charge < -0.3 is 24.7 Å². The Labute approximate surface area is 185 Å². The van der Waals surface area contributed by atoms with Crippen LogP contribution in [0.3, 0.4) is 0 Å². The van der Waals surface area contributed by atoms with Crippen molar-refractivity contribution in [2.24, 2.45) is 5.73 Å². The van der Waals surface area contributed by atoms with Crippen LogP contribution < -0.4 is 15.2 Å². The summed E-state index contributed by atoms with van der Waals surface area (Å²) in [6.07, 6.45) is 0.839. The number of rotatable bonds is 4. The predicted octanol–water partition coefficient (Wildman–Crippen LogP) is 3.66. The van der Waals surface area contributed by atoms with Gasteiger partial charge in [-0.3, -0.25) is 4.79 Å². The molecule has 2 heterocycles. The molecule has 0 saturated carbocycles. The topological polar surface area (TPSA) is 97.1 Å². The van der Waals surface area contributed by atoms with Crippen LogP contribution in [0.5, 0.6) is 11.5 Å². The number of nitrogens with two attached hydrogens (primary N) is 1. The molecule has 0 spiro atoms. The largest absolute Gasteiger partial charge is 0.462 e. The van der Waals surface area contributed by atoms with E-state index in [0.717, 1.165) is 5.56 Å². The predicted molar refractivity (Wildman–Crippen MR) is 115 cm³/mol. The monoisotopic (exact) mass is 433 g/mol. The molecule has 0 fully saturated rings. The first kappa shape index (κ1) is 20.2. The number of allylic oxidation sites excluding steroid dienone is 2. The van der Waals surface area contributed by atoms with Crippen molar-refractivity contribution in [3.63, 3.8) is 0 Å². The molecule has 2 aliphatic heterocycles. The lowest BCUT2D eigenvalue weighted by atomic mass is 9.73. The van der Waals surface area contributed by atoms with Crippen LogP contribution in [-0.4, -0.2) is 25.2 Å². The number of fused-ring (bicyclic) bond motifs is 1. The normalized spacial score (nSPS) is 21.8. The highest BCUT2D eigenvalue weighted by molar-refractivity contribution is 6.03. The van der Waals surface area contributed by atoms with Crippen LogP contribution in [0, 0.1) is 0 Å². The summed E-state index contributed by atoms with van der Waals surface area (Å²) in [5.74, 6) is 0.254. The summed E-state index contributed by atoms with van der Waals surface area (Å²) < 4.78 is 22.1. The van der Waals surface area contributed by atoms with E-state index in [1.165, 1.54) is 0 Å². The van der Waals surface area contributed by atoms with E-state index in [0.29, 0.717) is 41.2 Å². The number of ketones is 1. The van der Waals surface area contributed by atoms with Crippen molar-refractivity contribution in [1.29, 1.82) is 0 Å². The fraction of sp³-hybridized carbons (Fsp3) is 0.280. The summed E-state index contributed by atoms with van der Waals surface area (Å²) >= 11 is 0. The summed E-state index contributed by atoms with van der Waals surface area (Å²) in [6, 6.07) is 15.2. The maximum atomic E-state index is 13.5. The third-order valence-corrected chi connectivity index (χ3v) is 6.04. The highest BCUT2D eigenvalue weighted by Gasteiger charge is 2.43. The average molecular weight is 433 g/mol. The van der Waals surface area contributed by atoms with Gasteiger partial charge in [-0.1, -0.05) is 36.4 Å². The van der Waals surface area contributed by atoms with Gasteiger partial charge in [-0.2, -0.15) is 0 Å². The summed E-state index contributed by atoms with van der Waals surface area (Å²) in [6.45, 7) is 2.02. The zero-order valence-electron chi connectivity index (χ0n) is 17.6. The van der Waals surface area contributed by atoms with Crippen LogP contribution in [0.4, 0.5) is 0 Å². The van der Waals surface area contributed by atoms with E-state index in [1.807, 2.05) is 36.4 Å². The van der Waals surface area contributed by atoms with Crippen LogP contribution in [0.2, 0.25) is 0 Å². The third-order valence-electron chi connectivity index (χ3n) is 6.04. The fourth-order valence-corrected chi connectivity index (χ4v) is 4.60. The van der Waals surface area contributed by atoms with Gasteiger partial charge in [-0.15, -0.1) is 0 Å². The first-order valence-corrected chi connectivity index (χ1v) is 10.6. The van der Waals surface area contributed by atoms with Crippen molar-refractivity contribution in [1.82, 2.24) is 0 Å². The SMILES string of the molecule is CCOC(=O)C1=C(N)OC2=C(C(=O)C[C@@H](c3ccccc3)C2)[C@H]1c1ccc2c(c1)OCO2. The lowest BCUT2D eigenvalue weighted by Gasteiger charge is -2.35. The van der Waals surface area contributed by atoms with Gasteiger partial charge in [0.05, 0.1) is 12.5 Å². The first-order valence-electron chi connectivity index (χ1n) is 10.6. The molecule has 7 heteroatoms. The number of carbonyl (C=O) groups excluding carboxylic acids is 2. The summed E-state index contributed by atoms with van der Waals surface area (Å²) in [7, 11) is 0. The molecule has 32 heavy (non-hydrogen) atoms. The van der Waals surface area contributed by atoms with E-state index in [9.17, 15) is 9.59 Å². The van der Waals surface area contributed by atoms with Gasteiger partial charge in [0, 0.05) is 18.4 Å². The molecule has 0 radical (unpaired) electrons. The molecule has 0 aromatic heterocycles. The van der Waals surface area contributed by atoms with E-state index in [1.54, 1.807) is 19.1 Å². The molecular weight excluding hydrogens is 410 g/mol. The number of carbonyl (C=O) groups is 2. The second kappa shape index (κ2) is 8.07. The number of benzene rings is 2. The van der Waals surface area contributed by atoms with Crippen LogP contribution >= 0.6 is 0 Å². The molecule has 0 unspecified atom stereocenters. The number of ether oxygens (including phenoxy) is 4. The molecule has 2 aromatic carbocycles. The number of hydrogen-bond donors (Lipinski definition) is 1. The Balaban J connectivity index is 1.60. The Morgan fingerprint density at radius 2 is 1.84 bits per heavy atom. The molecule has 5 rings (SSSR count). The minimum absolute atomic E-state index is 0.0169. The van der Waals surface area contributed by atoms with Crippen molar-refractivity contribution in [3.8, 4) is 11.5 Å². The molecule has 164 valence electrons. The smallest absolute Gasteiger partial charge is 0.340 e. The first-order chi connectivity index (χ1) is 15.6. The van der Waals surface area contributed by atoms with Gasteiger partial charge >= 0.3 is 5.97 Å². The Kier molecular flexibility index (Phi) is 5.09. The molecule has 2 N–H and O–H groups in total. The molecule has 2 aromatic rings. The molecule has 3 aliphatic rings. The number of Topliss-reactive ketones (excluding diaryl/α,β-unsaturated/α-hetero) is 1. The number of esters is 1. The van der Waals surface area contributed by atoms with Crippen molar-refractivity contribution in [3.05, 3.63) is 82.4 Å². The van der Waals surface area contributed by atoms with Gasteiger partial charge in [-0.05, 0) is 36.1 Å². The van der Waals surface area contributed by atoms with Gasteiger partial charge in [0.25, 0.3) is 0 Å². The fourth-order valence-electron chi connectivity index (χ4n) is 4.60. The van der Waals surface area contributed by atoms with Crippen molar-refractivity contribution < 1.29 is 28.5 Å². The highest BCUT2D eigenvalue weighted by atomic mass is 16.7. The van der Waals surface area contributed by atoms with E-state index in [-0.39, 0.29) is 36.6 Å². The minimum atomic E-state index is -0.698. The van der Waals surface area contributed by atoms with Crippen LogP contribution in [0.1, 0.15) is 42.7 Å². The van der Waals surface area contributed by atoms with E-state index < -0.39 is 11.9 Å². The molecule has 0 bridgehead atoms. The van der Waals surface area contributed by atoms with Crippen LogP contribution in [0.15, 0.2) is 71.3 Å². The third kappa shape index (κ3) is 3.39. The summed E-state index contributed by atoms with van der Waals surface area (Å²) in [5, 5.41) is 0. The standard InChI is InChI=1S/C25H23NO6/c1-2-29-25(28)23-21(15-8-9-18-19(11-15)31-13-30-18)22-17(27)10-16(12-20(22)32-24(23)26)14-6-4-3-5-7-14/h3-9,11,16,21H,2,10,12-13,26H2,1H3/t16-,21-/m1/s1. The van der Waals surface area contributed by atoms with Gasteiger partial charge in [0.15, 0.2) is 17.3 Å². The quantitative estimate of drug-likeness (QED) is 0.735. The Morgan fingerprint density at radius 1 is 1.06 bits per heavy atom. The van der Waals surface area contributed by atoms with E-state index in [2.05, 4.69) is 0 Å². The average Bonchev–Trinajstić information content (AvgIpc) is 3.26. The van der Waals surface area contributed by atoms with E-state index in [4.69, 9.17) is 24.7 Å². The minimum Gasteiger partial charge on any atom is -0.462 e. The lowest BCUT2D eigenvalue weighted by Crippen LogP contribution is -2.33. The summed E-state index contributed by atoms with van der Waals surface area (Å²) in [4.78, 5) is 26.3. The zero-order valence-corrected chi connectivity index (χ0v) is 17.6. The highest BCUT2D eigenvalue weighted by Crippen LogP contribution is 2.48. The maximum Gasteiger partial charge on any atom is 0.340 e. The molecular formula is C25H23NO6.